The molecule has 6 nitrogen and oxygen atoms in total. The lowest BCUT2D eigenvalue weighted by Crippen LogP contribution is -2.09. The number of aromatic nitrogens is 3. The van der Waals surface area contributed by atoms with E-state index in [1.54, 1.807) is 12.5 Å². The van der Waals surface area contributed by atoms with Crippen LogP contribution >= 0.6 is 0 Å². The molecule has 170 valence electrons. The van der Waals surface area contributed by atoms with Crippen LogP contribution in [0.25, 0.3) is 33.4 Å². The van der Waals surface area contributed by atoms with Gasteiger partial charge in [0.2, 0.25) is 0 Å². The largest absolute Gasteiger partial charge is 0.464 e. The van der Waals surface area contributed by atoms with Gasteiger partial charge in [-0.05, 0) is 73.4 Å². The fourth-order valence-electron chi connectivity index (χ4n) is 4.13. The minimum absolute atomic E-state index is 0.0229. The summed E-state index contributed by atoms with van der Waals surface area (Å²) in [6.45, 7) is 6.03. The second-order valence-corrected chi connectivity index (χ2v) is 8.55. The van der Waals surface area contributed by atoms with Gasteiger partial charge in [-0.25, -0.2) is 9.97 Å². The van der Waals surface area contributed by atoms with Gasteiger partial charge in [-0.1, -0.05) is 18.2 Å². The molecule has 0 unspecified atom stereocenters. The zero-order valence-corrected chi connectivity index (χ0v) is 19.4. The summed E-state index contributed by atoms with van der Waals surface area (Å²) in [5, 5.41) is 14.1. The number of aryl methyl sites for hydroxylation is 2. The summed E-state index contributed by atoms with van der Waals surface area (Å²) in [5.41, 5.74) is 7.82. The molecule has 0 amide bonds. The monoisotopic (exact) mass is 450 g/mol. The third kappa shape index (κ3) is 4.40. The molecule has 0 radical (unpaired) electrons. The molecule has 0 fully saturated rings. The highest BCUT2D eigenvalue weighted by molar-refractivity contribution is 5.85. The van der Waals surface area contributed by atoms with Crippen LogP contribution in [0.5, 0.6) is 0 Å². The molecule has 0 bridgehead atoms. The van der Waals surface area contributed by atoms with Crippen LogP contribution in [-0.2, 0) is 6.61 Å². The normalized spacial score (nSPS) is 12.1. The molecule has 0 saturated heterocycles. The van der Waals surface area contributed by atoms with E-state index in [0.717, 1.165) is 55.9 Å². The first kappa shape index (κ1) is 21.8. The van der Waals surface area contributed by atoms with Crippen molar-refractivity contribution in [2.75, 3.05) is 5.32 Å². The number of aliphatic hydroxyl groups excluding tert-OH is 1. The Morgan fingerprint density at radius 3 is 2.68 bits per heavy atom. The van der Waals surface area contributed by atoms with Crippen LogP contribution in [0.2, 0.25) is 0 Å². The Labute approximate surface area is 198 Å². The minimum atomic E-state index is -0.0268. The summed E-state index contributed by atoms with van der Waals surface area (Å²) >= 11 is 0. The SMILES string of the molecule is Cc1nc(N[C@@H](C)c2cccc(-c3cncc(CO)c3)c2)cc(-c2ccc3occ(C)c3c2)n1. The Bertz CT molecular complexity index is 1470. The van der Waals surface area contributed by atoms with Crippen LogP contribution in [0, 0.1) is 13.8 Å². The van der Waals surface area contributed by atoms with Crippen molar-refractivity contribution in [1.29, 1.82) is 0 Å². The Balaban J connectivity index is 1.42. The number of hydrogen-bond donors (Lipinski definition) is 2. The predicted molar refractivity (Wildman–Crippen MR) is 134 cm³/mol. The number of rotatable bonds is 6. The van der Waals surface area contributed by atoms with Gasteiger partial charge in [0.05, 0.1) is 18.6 Å². The van der Waals surface area contributed by atoms with Crippen molar-refractivity contribution in [2.24, 2.45) is 0 Å². The Morgan fingerprint density at radius 1 is 0.941 bits per heavy atom. The van der Waals surface area contributed by atoms with Crippen LogP contribution < -0.4 is 5.32 Å². The van der Waals surface area contributed by atoms with Crippen molar-refractivity contribution in [3.63, 3.8) is 0 Å². The molecule has 6 heteroatoms. The van der Waals surface area contributed by atoms with Gasteiger partial charge in [0.1, 0.15) is 17.2 Å². The molecule has 0 spiro atoms. The summed E-state index contributed by atoms with van der Waals surface area (Å²) in [6, 6.07) is 18.4. The van der Waals surface area contributed by atoms with Gasteiger partial charge in [0.15, 0.2) is 0 Å². The van der Waals surface area contributed by atoms with Gasteiger partial charge in [0.25, 0.3) is 0 Å². The Morgan fingerprint density at radius 2 is 1.82 bits per heavy atom. The van der Waals surface area contributed by atoms with E-state index in [2.05, 4.69) is 51.5 Å². The summed E-state index contributed by atoms with van der Waals surface area (Å²) in [7, 11) is 0. The molecule has 3 aromatic heterocycles. The van der Waals surface area contributed by atoms with Gasteiger partial charge < -0.3 is 14.8 Å². The van der Waals surface area contributed by atoms with Crippen molar-refractivity contribution >= 4 is 16.8 Å². The zero-order valence-electron chi connectivity index (χ0n) is 19.4. The smallest absolute Gasteiger partial charge is 0.134 e. The van der Waals surface area contributed by atoms with E-state index in [9.17, 15) is 5.11 Å². The fraction of sp³-hybridized carbons (Fsp3) is 0.179. The van der Waals surface area contributed by atoms with Crippen LogP contribution in [-0.4, -0.2) is 20.1 Å². The predicted octanol–water partition coefficient (Wildman–Crippen LogP) is 6.23. The van der Waals surface area contributed by atoms with Crippen molar-refractivity contribution < 1.29 is 9.52 Å². The number of anilines is 1. The molecular formula is C28H26N4O2. The molecule has 3 heterocycles. The van der Waals surface area contributed by atoms with Gasteiger partial charge in [-0.2, -0.15) is 0 Å². The molecule has 0 saturated carbocycles. The maximum atomic E-state index is 9.43. The quantitative estimate of drug-likeness (QED) is 0.319. The zero-order chi connectivity index (χ0) is 23.7. The number of nitrogens with one attached hydrogen (secondary N) is 1. The molecule has 0 aliphatic rings. The van der Waals surface area contributed by atoms with Gasteiger partial charge in [-0.3, -0.25) is 4.98 Å². The van der Waals surface area contributed by atoms with E-state index in [4.69, 9.17) is 4.42 Å². The average molecular weight is 451 g/mol. The second kappa shape index (κ2) is 9.08. The molecular weight excluding hydrogens is 424 g/mol. The second-order valence-electron chi connectivity index (χ2n) is 8.55. The maximum absolute atomic E-state index is 9.43. The van der Waals surface area contributed by atoms with Crippen LogP contribution in [0.4, 0.5) is 5.82 Å². The summed E-state index contributed by atoms with van der Waals surface area (Å²) in [6.07, 6.45) is 5.27. The minimum Gasteiger partial charge on any atom is -0.464 e. The molecule has 5 aromatic rings. The molecule has 0 aliphatic carbocycles. The lowest BCUT2D eigenvalue weighted by Gasteiger charge is -2.17. The highest BCUT2D eigenvalue weighted by Crippen LogP contribution is 2.29. The molecule has 2 aromatic carbocycles. The lowest BCUT2D eigenvalue weighted by molar-refractivity contribution is 0.281. The summed E-state index contributed by atoms with van der Waals surface area (Å²) in [4.78, 5) is 13.5. The van der Waals surface area contributed by atoms with Gasteiger partial charge >= 0.3 is 0 Å². The van der Waals surface area contributed by atoms with Gasteiger partial charge in [-0.15, -0.1) is 0 Å². The number of pyridine rings is 1. The van der Waals surface area contributed by atoms with Crippen molar-refractivity contribution in [3.05, 3.63) is 95.8 Å². The molecule has 0 aliphatic heterocycles. The Hall–Kier alpha value is -4.03. The number of nitrogens with zero attached hydrogens (tertiary/aromatic N) is 3. The lowest BCUT2D eigenvalue weighted by atomic mass is 10.0. The highest BCUT2D eigenvalue weighted by atomic mass is 16.3. The first-order valence-electron chi connectivity index (χ1n) is 11.3. The molecule has 5 rings (SSSR count). The van der Waals surface area contributed by atoms with Crippen molar-refractivity contribution in [3.8, 4) is 22.4 Å². The van der Waals surface area contributed by atoms with Crippen LogP contribution in [0.1, 0.15) is 35.5 Å². The number of fused-ring (bicyclic) bond motifs is 1. The van der Waals surface area contributed by atoms with E-state index < -0.39 is 0 Å². The third-order valence-corrected chi connectivity index (χ3v) is 5.96. The highest BCUT2D eigenvalue weighted by Gasteiger charge is 2.12. The number of benzene rings is 2. The van der Waals surface area contributed by atoms with Gasteiger partial charge in [0, 0.05) is 41.0 Å². The Kier molecular flexibility index (Phi) is 5.82. The summed E-state index contributed by atoms with van der Waals surface area (Å²) in [5.74, 6) is 1.48. The van der Waals surface area contributed by atoms with Crippen molar-refractivity contribution in [2.45, 2.75) is 33.4 Å². The summed E-state index contributed by atoms with van der Waals surface area (Å²) < 4.78 is 5.58. The van der Waals surface area contributed by atoms with E-state index >= 15 is 0 Å². The molecule has 2 N–H and O–H groups in total. The van der Waals surface area contributed by atoms with Crippen LogP contribution in [0.15, 0.2) is 77.7 Å². The van der Waals surface area contributed by atoms with Crippen LogP contribution in [0.3, 0.4) is 0 Å². The average Bonchev–Trinajstić information content (AvgIpc) is 3.23. The molecule has 1 atom stereocenters. The van der Waals surface area contributed by atoms with Crippen molar-refractivity contribution in [1.82, 2.24) is 15.0 Å². The van der Waals surface area contributed by atoms with E-state index in [-0.39, 0.29) is 12.6 Å². The fourth-order valence-corrected chi connectivity index (χ4v) is 4.13. The first-order chi connectivity index (χ1) is 16.5. The third-order valence-electron chi connectivity index (χ3n) is 5.96. The number of hydrogen-bond acceptors (Lipinski definition) is 6. The number of furan rings is 1. The number of aliphatic hydroxyl groups is 1. The maximum Gasteiger partial charge on any atom is 0.134 e. The standard InChI is InChI=1S/C28H26N4O2/c1-17-16-34-27-8-7-23(11-25(17)27)26-12-28(32-19(3)31-26)30-18(2)21-5-4-6-22(10-21)24-9-20(15-33)13-29-14-24/h4-14,16,18,33H,15H2,1-3H3,(H,30,31,32)/t18-/m0/s1. The van der Waals surface area contributed by atoms with E-state index in [1.165, 1.54) is 0 Å². The van der Waals surface area contributed by atoms with E-state index in [0.29, 0.717) is 5.82 Å². The molecule has 34 heavy (non-hydrogen) atoms. The van der Waals surface area contributed by atoms with E-state index in [1.807, 2.05) is 50.4 Å². The first-order valence-corrected chi connectivity index (χ1v) is 11.3. The topological polar surface area (TPSA) is 84.1 Å².